The molecule has 2 N–H and O–H groups in total. The topological polar surface area (TPSA) is 117 Å². The van der Waals surface area contributed by atoms with Crippen molar-refractivity contribution >= 4 is 17.5 Å². The maximum atomic E-state index is 14.4. The Labute approximate surface area is 244 Å². The van der Waals surface area contributed by atoms with Gasteiger partial charge in [0, 0.05) is 60.4 Å². The van der Waals surface area contributed by atoms with Gasteiger partial charge in [-0.1, -0.05) is 0 Å². The van der Waals surface area contributed by atoms with Gasteiger partial charge < -0.3 is 29.6 Å². The molecule has 0 radical (unpaired) electrons. The normalized spacial score (nSPS) is 15.5. The van der Waals surface area contributed by atoms with Crippen molar-refractivity contribution in [1.82, 2.24) is 24.7 Å². The van der Waals surface area contributed by atoms with Crippen LogP contribution < -0.4 is 24.8 Å². The number of nitrogens with one attached hydrogen (secondary N) is 2. The highest BCUT2D eigenvalue weighted by Crippen LogP contribution is 2.34. The number of benzene rings is 1. The maximum absolute atomic E-state index is 14.4. The number of anilines is 3. The number of halogens is 1. The van der Waals surface area contributed by atoms with Gasteiger partial charge in [0.2, 0.25) is 0 Å². The van der Waals surface area contributed by atoms with Crippen LogP contribution in [0.2, 0.25) is 0 Å². The molecule has 0 amide bonds. The molecule has 2 atom stereocenters. The van der Waals surface area contributed by atoms with E-state index in [4.69, 9.17) is 18.9 Å². The molecule has 42 heavy (non-hydrogen) atoms. The summed E-state index contributed by atoms with van der Waals surface area (Å²) in [5.41, 5.74) is 2.60. The van der Waals surface area contributed by atoms with E-state index >= 15 is 0 Å². The number of rotatable bonds is 12. The lowest BCUT2D eigenvalue weighted by atomic mass is 10.1. The van der Waals surface area contributed by atoms with Crippen LogP contribution in [-0.4, -0.2) is 58.3 Å². The van der Waals surface area contributed by atoms with Crippen LogP contribution in [0.25, 0.3) is 11.1 Å². The van der Waals surface area contributed by atoms with Crippen LogP contribution in [0.15, 0.2) is 48.9 Å². The summed E-state index contributed by atoms with van der Waals surface area (Å²) in [6.45, 7) is 7.11. The van der Waals surface area contributed by atoms with Gasteiger partial charge in [0.1, 0.15) is 34.7 Å². The molecule has 5 rings (SSSR count). The van der Waals surface area contributed by atoms with E-state index in [1.54, 1.807) is 38.6 Å². The first kappa shape index (κ1) is 29.1. The van der Waals surface area contributed by atoms with Crippen LogP contribution in [0, 0.1) is 0 Å². The van der Waals surface area contributed by atoms with E-state index in [9.17, 15) is 4.39 Å². The molecule has 0 spiro atoms. The predicted molar refractivity (Wildman–Crippen MR) is 157 cm³/mol. The van der Waals surface area contributed by atoms with Crippen molar-refractivity contribution in [3.8, 4) is 28.4 Å². The first-order valence-electron chi connectivity index (χ1n) is 13.9. The molecule has 1 aliphatic heterocycles. The standard InChI is InChI=1S/C30H36FN7O4/c1-18(2)42-26-11-27(33-15-24(26)21-14-34-38(16-21)22-8-9-41-17-22)35-29-12-28(36-30(37-29)19(3)31)32-13-20-6-7-23(39-4)10-25(20)40-5/h6-7,10-12,14-16,18-19,22H,8-9,13,17H2,1-5H3,(H2,32,33,35,36,37)/t19?,22-/m1/s1. The lowest BCUT2D eigenvalue weighted by Gasteiger charge is -2.16. The highest BCUT2D eigenvalue weighted by molar-refractivity contribution is 5.71. The zero-order chi connectivity index (χ0) is 29.6. The van der Waals surface area contributed by atoms with Crippen LogP contribution in [0.1, 0.15) is 50.8 Å². The van der Waals surface area contributed by atoms with Gasteiger partial charge in [0.25, 0.3) is 0 Å². The van der Waals surface area contributed by atoms with Crippen LogP contribution in [-0.2, 0) is 11.3 Å². The van der Waals surface area contributed by atoms with E-state index in [2.05, 4.69) is 30.7 Å². The molecule has 1 saturated heterocycles. The molecule has 1 aliphatic rings. The van der Waals surface area contributed by atoms with Crippen LogP contribution in [0.5, 0.6) is 17.2 Å². The first-order valence-corrected chi connectivity index (χ1v) is 13.9. The fourth-order valence-electron chi connectivity index (χ4n) is 4.59. The van der Waals surface area contributed by atoms with Crippen molar-refractivity contribution < 1.29 is 23.3 Å². The van der Waals surface area contributed by atoms with E-state index in [0.29, 0.717) is 47.9 Å². The Morgan fingerprint density at radius 2 is 1.86 bits per heavy atom. The van der Waals surface area contributed by atoms with E-state index in [1.165, 1.54) is 6.92 Å². The molecule has 0 aliphatic carbocycles. The number of alkyl halides is 1. The summed E-state index contributed by atoms with van der Waals surface area (Å²) in [4.78, 5) is 13.3. The fraction of sp³-hybridized carbons (Fsp3) is 0.400. The number of hydrogen-bond acceptors (Lipinski definition) is 10. The predicted octanol–water partition coefficient (Wildman–Crippen LogP) is 5.89. The minimum Gasteiger partial charge on any atom is -0.497 e. The average molecular weight is 578 g/mol. The highest BCUT2D eigenvalue weighted by Gasteiger charge is 2.20. The Kier molecular flexibility index (Phi) is 9.01. The number of aromatic nitrogens is 5. The van der Waals surface area contributed by atoms with E-state index in [-0.39, 0.29) is 18.0 Å². The number of methoxy groups -OCH3 is 2. The summed E-state index contributed by atoms with van der Waals surface area (Å²) in [6, 6.07) is 9.29. The minimum atomic E-state index is -1.38. The molecule has 3 aromatic heterocycles. The molecule has 4 aromatic rings. The Bertz CT molecular complexity index is 1510. The molecule has 1 fully saturated rings. The number of ether oxygens (including phenoxy) is 4. The zero-order valence-electron chi connectivity index (χ0n) is 24.4. The Balaban J connectivity index is 1.38. The summed E-state index contributed by atoms with van der Waals surface area (Å²) in [5.74, 6) is 3.36. The van der Waals surface area contributed by atoms with Crippen molar-refractivity contribution in [2.75, 3.05) is 38.1 Å². The van der Waals surface area contributed by atoms with E-state index in [1.807, 2.05) is 43.1 Å². The van der Waals surface area contributed by atoms with Gasteiger partial charge in [-0.3, -0.25) is 4.68 Å². The molecule has 1 unspecified atom stereocenters. The van der Waals surface area contributed by atoms with Gasteiger partial charge in [-0.05, 0) is 39.3 Å². The summed E-state index contributed by atoms with van der Waals surface area (Å²) >= 11 is 0. The Morgan fingerprint density at radius 3 is 2.57 bits per heavy atom. The maximum Gasteiger partial charge on any atom is 0.166 e. The van der Waals surface area contributed by atoms with Gasteiger partial charge in [0.05, 0.1) is 39.2 Å². The summed E-state index contributed by atoms with van der Waals surface area (Å²) in [5, 5.41) is 11.0. The Hall–Kier alpha value is -4.45. The monoisotopic (exact) mass is 577 g/mol. The number of hydrogen-bond donors (Lipinski definition) is 2. The minimum absolute atomic E-state index is 0.0442. The van der Waals surface area contributed by atoms with E-state index in [0.717, 1.165) is 29.7 Å². The van der Waals surface area contributed by atoms with Crippen molar-refractivity contribution in [2.24, 2.45) is 0 Å². The molecule has 4 heterocycles. The second kappa shape index (κ2) is 13.0. The quantitative estimate of drug-likeness (QED) is 0.211. The zero-order valence-corrected chi connectivity index (χ0v) is 24.4. The third-order valence-electron chi connectivity index (χ3n) is 6.73. The largest absolute Gasteiger partial charge is 0.497 e. The molecule has 0 saturated carbocycles. The third-order valence-corrected chi connectivity index (χ3v) is 6.73. The number of pyridine rings is 1. The molecule has 0 bridgehead atoms. The Morgan fingerprint density at radius 1 is 1.02 bits per heavy atom. The second-order valence-electron chi connectivity index (χ2n) is 10.2. The van der Waals surface area contributed by atoms with Crippen molar-refractivity contribution in [3.63, 3.8) is 0 Å². The fourth-order valence-corrected chi connectivity index (χ4v) is 4.59. The summed E-state index contributed by atoms with van der Waals surface area (Å²) in [7, 11) is 3.20. The van der Waals surface area contributed by atoms with Gasteiger partial charge in [-0.2, -0.15) is 5.10 Å². The van der Waals surface area contributed by atoms with Gasteiger partial charge in [-0.25, -0.2) is 19.3 Å². The lowest BCUT2D eigenvalue weighted by molar-refractivity contribution is 0.184. The number of nitrogens with zero attached hydrogens (tertiary/aromatic N) is 5. The molecule has 12 heteroatoms. The lowest BCUT2D eigenvalue weighted by Crippen LogP contribution is -2.09. The smallest absolute Gasteiger partial charge is 0.166 e. The van der Waals surface area contributed by atoms with Crippen molar-refractivity contribution in [3.05, 3.63) is 60.3 Å². The third kappa shape index (κ3) is 6.88. The van der Waals surface area contributed by atoms with E-state index < -0.39 is 6.17 Å². The molecule has 1 aromatic carbocycles. The second-order valence-corrected chi connectivity index (χ2v) is 10.2. The van der Waals surface area contributed by atoms with Crippen molar-refractivity contribution in [1.29, 1.82) is 0 Å². The average Bonchev–Trinajstić information content (AvgIpc) is 3.68. The van der Waals surface area contributed by atoms with Crippen molar-refractivity contribution in [2.45, 2.75) is 52.1 Å². The molecular formula is C30H36FN7O4. The van der Waals surface area contributed by atoms with Crippen LogP contribution >= 0.6 is 0 Å². The highest BCUT2D eigenvalue weighted by atomic mass is 19.1. The summed E-state index contributed by atoms with van der Waals surface area (Å²) in [6.07, 6.45) is 5.03. The van der Waals surface area contributed by atoms with Crippen LogP contribution in [0.4, 0.5) is 21.8 Å². The molecular weight excluding hydrogens is 541 g/mol. The molecule has 11 nitrogen and oxygen atoms in total. The summed E-state index contributed by atoms with van der Waals surface area (Å²) < 4.78 is 38.8. The van der Waals surface area contributed by atoms with Gasteiger partial charge in [-0.15, -0.1) is 0 Å². The van der Waals surface area contributed by atoms with Crippen LogP contribution in [0.3, 0.4) is 0 Å². The van der Waals surface area contributed by atoms with Gasteiger partial charge >= 0.3 is 0 Å². The van der Waals surface area contributed by atoms with Gasteiger partial charge in [0.15, 0.2) is 12.0 Å². The molecule has 222 valence electrons. The first-order chi connectivity index (χ1) is 20.3. The SMILES string of the molecule is COc1ccc(CNc2cc(Nc3cc(OC(C)C)c(-c4cnn([C@@H]5CCOC5)c4)cn3)nc(C(C)F)n2)c(OC)c1.